The van der Waals surface area contributed by atoms with E-state index < -0.39 is 10.2 Å². The zero-order valence-electron chi connectivity index (χ0n) is 17.4. The molecule has 1 unspecified atom stereocenters. The molecule has 1 amide bonds. The van der Waals surface area contributed by atoms with Crippen molar-refractivity contribution < 1.29 is 9.72 Å². The molecule has 1 N–H and O–H groups in total. The predicted molar refractivity (Wildman–Crippen MR) is 128 cm³/mol. The first kappa shape index (κ1) is 22.5. The van der Waals surface area contributed by atoms with Gasteiger partial charge in [-0.2, -0.15) is 0 Å². The fraction of sp³-hybridized carbons (Fsp3) is 0.0870. The number of hydrogen-bond acceptors (Lipinski definition) is 6. The Balaban J connectivity index is 1.63. The average Bonchev–Trinajstić information content (AvgIpc) is 3.19. The van der Waals surface area contributed by atoms with E-state index in [-0.39, 0.29) is 22.3 Å². The molecule has 3 aromatic carbocycles. The highest BCUT2D eigenvalue weighted by atomic mass is 35.5. The molecule has 1 heterocycles. The number of hydrogen-bond donors (Lipinski definition) is 1. The van der Waals surface area contributed by atoms with Crippen LogP contribution in [0.5, 0.6) is 0 Å². The largest absolute Gasteiger partial charge is 0.325 e. The van der Waals surface area contributed by atoms with Crippen molar-refractivity contribution in [3.63, 3.8) is 0 Å². The Bertz CT molecular complexity index is 1300. The molecule has 0 spiro atoms. The van der Waals surface area contributed by atoms with Crippen LogP contribution >= 0.6 is 23.4 Å². The molecule has 4 aromatic rings. The minimum absolute atomic E-state index is 0.000454. The summed E-state index contributed by atoms with van der Waals surface area (Å²) >= 11 is 7.13. The van der Waals surface area contributed by atoms with E-state index in [0.29, 0.717) is 11.0 Å². The van der Waals surface area contributed by atoms with Gasteiger partial charge in [-0.1, -0.05) is 84.0 Å². The maximum atomic E-state index is 13.3. The van der Waals surface area contributed by atoms with Gasteiger partial charge in [0, 0.05) is 24.4 Å². The summed E-state index contributed by atoms with van der Waals surface area (Å²) in [4.78, 5) is 23.9. The Labute approximate surface area is 198 Å². The summed E-state index contributed by atoms with van der Waals surface area (Å²) in [5, 5.41) is 22.4. The molecule has 166 valence electrons. The Morgan fingerprint density at radius 2 is 1.73 bits per heavy atom. The van der Waals surface area contributed by atoms with Crippen LogP contribution in [0.25, 0.3) is 11.4 Å². The van der Waals surface area contributed by atoms with Crippen molar-refractivity contribution in [1.82, 2.24) is 14.8 Å². The number of thioether (sulfide) groups is 1. The van der Waals surface area contributed by atoms with E-state index in [1.807, 2.05) is 72.3 Å². The summed E-state index contributed by atoms with van der Waals surface area (Å²) in [6.45, 7) is 0. The quantitative estimate of drug-likeness (QED) is 0.213. The van der Waals surface area contributed by atoms with Gasteiger partial charge in [-0.3, -0.25) is 14.9 Å². The molecule has 4 rings (SSSR count). The number of nitrogens with one attached hydrogen (secondary N) is 1. The topological polar surface area (TPSA) is 103 Å². The molecule has 1 aromatic heterocycles. The van der Waals surface area contributed by atoms with Gasteiger partial charge in [-0.05, 0) is 17.7 Å². The third-order valence-corrected chi connectivity index (χ3v) is 6.45. The lowest BCUT2D eigenvalue weighted by molar-refractivity contribution is -0.384. The van der Waals surface area contributed by atoms with Crippen LogP contribution in [0.3, 0.4) is 0 Å². The molecule has 0 fully saturated rings. The van der Waals surface area contributed by atoms with Crippen LogP contribution in [-0.4, -0.2) is 25.6 Å². The molecule has 0 aliphatic heterocycles. The van der Waals surface area contributed by atoms with Crippen LogP contribution in [0.4, 0.5) is 11.4 Å². The summed E-state index contributed by atoms with van der Waals surface area (Å²) in [5.41, 5.74) is 1.67. The zero-order valence-corrected chi connectivity index (χ0v) is 19.0. The standard InChI is InChI=1S/C23H18ClN5O3S/c1-28-21(16-10-6-3-7-11-16)26-27-23(28)33-20(15-8-4-2-5-9-15)22(30)25-17-12-13-18(24)19(14-17)29(31)32/h2-14,20H,1H3,(H,25,30). The number of halogens is 1. The molecule has 8 nitrogen and oxygen atoms in total. The molecule has 0 radical (unpaired) electrons. The van der Waals surface area contributed by atoms with Crippen molar-refractivity contribution in [2.75, 3.05) is 5.32 Å². The number of rotatable bonds is 7. The van der Waals surface area contributed by atoms with Gasteiger partial charge in [0.15, 0.2) is 11.0 Å². The van der Waals surface area contributed by atoms with Crippen LogP contribution in [0.1, 0.15) is 10.8 Å². The van der Waals surface area contributed by atoms with Gasteiger partial charge >= 0.3 is 0 Å². The summed E-state index contributed by atoms with van der Waals surface area (Å²) in [6.07, 6.45) is 0. The second kappa shape index (κ2) is 9.85. The average molecular weight is 480 g/mol. The lowest BCUT2D eigenvalue weighted by Crippen LogP contribution is -2.19. The minimum Gasteiger partial charge on any atom is -0.325 e. The lowest BCUT2D eigenvalue weighted by Gasteiger charge is -2.16. The van der Waals surface area contributed by atoms with Crippen molar-refractivity contribution in [3.05, 3.63) is 99.6 Å². The maximum absolute atomic E-state index is 13.3. The van der Waals surface area contributed by atoms with Crippen molar-refractivity contribution in [2.24, 2.45) is 7.05 Å². The fourth-order valence-corrected chi connectivity index (χ4v) is 4.39. The second-order valence-corrected chi connectivity index (χ2v) is 8.53. The number of nitro groups is 1. The van der Waals surface area contributed by atoms with Crippen LogP contribution in [-0.2, 0) is 11.8 Å². The molecule has 0 aliphatic carbocycles. The molecular weight excluding hydrogens is 462 g/mol. The van der Waals surface area contributed by atoms with Gasteiger partial charge in [0.25, 0.3) is 5.69 Å². The molecule has 0 saturated carbocycles. The van der Waals surface area contributed by atoms with Gasteiger partial charge in [0.1, 0.15) is 10.3 Å². The molecule has 0 saturated heterocycles. The van der Waals surface area contributed by atoms with E-state index in [9.17, 15) is 14.9 Å². The minimum atomic E-state index is -0.674. The molecule has 33 heavy (non-hydrogen) atoms. The van der Waals surface area contributed by atoms with Crippen molar-refractivity contribution >= 4 is 40.6 Å². The predicted octanol–water partition coefficient (Wildman–Crippen LogP) is 5.52. The van der Waals surface area contributed by atoms with Crippen LogP contribution in [0.2, 0.25) is 5.02 Å². The van der Waals surface area contributed by atoms with E-state index in [1.165, 1.54) is 30.0 Å². The SMILES string of the molecule is Cn1c(SC(C(=O)Nc2ccc(Cl)c([N+](=O)[O-])c2)c2ccccc2)nnc1-c1ccccc1. The normalized spacial score (nSPS) is 11.7. The summed E-state index contributed by atoms with van der Waals surface area (Å²) < 4.78 is 1.83. The summed E-state index contributed by atoms with van der Waals surface area (Å²) in [5.74, 6) is 0.325. The Morgan fingerprint density at radius 1 is 1.06 bits per heavy atom. The van der Waals surface area contributed by atoms with Crippen molar-refractivity contribution in [3.8, 4) is 11.4 Å². The van der Waals surface area contributed by atoms with E-state index in [0.717, 1.165) is 11.1 Å². The van der Waals surface area contributed by atoms with Gasteiger partial charge in [-0.15, -0.1) is 10.2 Å². The molecule has 1 atom stereocenters. The van der Waals surface area contributed by atoms with Crippen LogP contribution < -0.4 is 5.32 Å². The molecule has 0 aliphatic rings. The number of carbonyl (C=O) groups is 1. The summed E-state index contributed by atoms with van der Waals surface area (Å²) in [7, 11) is 1.84. The monoisotopic (exact) mass is 479 g/mol. The fourth-order valence-electron chi connectivity index (χ4n) is 3.20. The number of aromatic nitrogens is 3. The van der Waals surface area contributed by atoms with Gasteiger partial charge in [-0.25, -0.2) is 0 Å². The first-order chi connectivity index (χ1) is 15.9. The molecule has 0 bridgehead atoms. The zero-order chi connectivity index (χ0) is 23.4. The highest BCUT2D eigenvalue weighted by Gasteiger charge is 2.26. The number of nitro benzene ring substituents is 1. The molecule has 10 heteroatoms. The smallest absolute Gasteiger partial charge is 0.289 e. The number of nitrogens with zero attached hydrogens (tertiary/aromatic N) is 4. The van der Waals surface area contributed by atoms with Gasteiger partial charge < -0.3 is 9.88 Å². The van der Waals surface area contributed by atoms with Crippen LogP contribution in [0.15, 0.2) is 84.0 Å². The first-order valence-electron chi connectivity index (χ1n) is 9.85. The maximum Gasteiger partial charge on any atom is 0.289 e. The Kier molecular flexibility index (Phi) is 6.71. The summed E-state index contributed by atoms with van der Waals surface area (Å²) in [6, 6.07) is 23.0. The Hall–Kier alpha value is -3.69. The Morgan fingerprint density at radius 3 is 2.39 bits per heavy atom. The number of benzene rings is 3. The third-order valence-electron chi connectivity index (χ3n) is 4.84. The van der Waals surface area contributed by atoms with Crippen molar-refractivity contribution in [1.29, 1.82) is 0 Å². The van der Waals surface area contributed by atoms with E-state index >= 15 is 0 Å². The van der Waals surface area contributed by atoms with Gasteiger partial charge in [0.2, 0.25) is 5.91 Å². The number of carbonyl (C=O) groups excluding carboxylic acids is 1. The third kappa shape index (κ3) is 5.05. The van der Waals surface area contributed by atoms with E-state index in [4.69, 9.17) is 11.6 Å². The van der Waals surface area contributed by atoms with Gasteiger partial charge in [0.05, 0.1) is 4.92 Å². The number of amides is 1. The van der Waals surface area contributed by atoms with Crippen molar-refractivity contribution in [2.45, 2.75) is 10.4 Å². The highest BCUT2D eigenvalue weighted by Crippen LogP contribution is 2.37. The first-order valence-corrected chi connectivity index (χ1v) is 11.1. The highest BCUT2D eigenvalue weighted by molar-refractivity contribution is 8.00. The van der Waals surface area contributed by atoms with E-state index in [2.05, 4.69) is 15.5 Å². The van der Waals surface area contributed by atoms with E-state index in [1.54, 1.807) is 0 Å². The lowest BCUT2D eigenvalue weighted by atomic mass is 10.1. The molecular formula is C23H18ClN5O3S. The second-order valence-electron chi connectivity index (χ2n) is 7.05. The number of anilines is 1. The van der Waals surface area contributed by atoms with Crippen LogP contribution in [0, 0.1) is 10.1 Å².